The fourth-order valence-corrected chi connectivity index (χ4v) is 1.12. The van der Waals surface area contributed by atoms with Crippen LogP contribution in [0.1, 0.15) is 52.8 Å². The Morgan fingerprint density at radius 3 is 2.25 bits per heavy atom. The molecule has 0 bridgehead atoms. The molecule has 1 aromatic rings. The lowest BCUT2D eigenvalue weighted by atomic mass is 10.2. The molecule has 0 saturated heterocycles. The number of aryl methyl sites for hydroxylation is 1. The number of hydrogen-bond acceptors (Lipinski definition) is 2. The van der Waals surface area contributed by atoms with Crippen molar-refractivity contribution in [3.8, 4) is 0 Å². The third-order valence-electron chi connectivity index (χ3n) is 1.56. The molecule has 1 aromatic heterocycles. The Morgan fingerprint density at radius 1 is 1.38 bits per heavy atom. The predicted molar refractivity (Wildman–Crippen MR) is 73.9 cm³/mol. The van der Waals surface area contributed by atoms with E-state index >= 15 is 0 Å². The van der Waals surface area contributed by atoms with Gasteiger partial charge in [0.1, 0.15) is 0 Å². The first-order chi connectivity index (χ1) is 7.66. The van der Waals surface area contributed by atoms with Gasteiger partial charge in [0.2, 0.25) is 0 Å². The van der Waals surface area contributed by atoms with Crippen LogP contribution in [0.3, 0.4) is 0 Å². The molecule has 0 N–H and O–H groups in total. The molecule has 1 heterocycles. The molecule has 92 valence electrons. The number of nitrogens with zero attached hydrogens (tertiary/aromatic N) is 3. The molecular formula is C13H25N3. The van der Waals surface area contributed by atoms with Crippen LogP contribution >= 0.6 is 0 Å². The Balaban J connectivity index is 0. The van der Waals surface area contributed by atoms with E-state index in [0.717, 1.165) is 16.8 Å². The molecule has 0 aliphatic heterocycles. The fraction of sp³-hybridized carbons (Fsp3) is 0.538. The third-order valence-corrected chi connectivity index (χ3v) is 1.56. The second-order valence-corrected chi connectivity index (χ2v) is 2.72. The maximum absolute atomic E-state index is 4.08. The molecule has 3 heteroatoms. The van der Waals surface area contributed by atoms with Crippen LogP contribution in [0.15, 0.2) is 17.9 Å². The smallest absolute Gasteiger partial charge is 0.0924 e. The lowest BCUT2D eigenvalue weighted by Gasteiger charge is -2.00. The van der Waals surface area contributed by atoms with Crippen molar-refractivity contribution < 1.29 is 0 Å². The van der Waals surface area contributed by atoms with E-state index in [2.05, 4.69) is 16.8 Å². The number of aromatic nitrogens is 2. The van der Waals surface area contributed by atoms with Gasteiger partial charge in [-0.05, 0) is 31.9 Å². The van der Waals surface area contributed by atoms with E-state index in [1.54, 1.807) is 17.2 Å². The summed E-state index contributed by atoms with van der Waals surface area (Å²) < 4.78 is 0. The lowest BCUT2D eigenvalue weighted by Crippen LogP contribution is -1.96. The predicted octanol–water partition coefficient (Wildman–Crippen LogP) is 4.13. The van der Waals surface area contributed by atoms with Gasteiger partial charge in [0.15, 0.2) is 0 Å². The van der Waals surface area contributed by atoms with E-state index in [0.29, 0.717) is 0 Å². The van der Waals surface area contributed by atoms with Crippen molar-refractivity contribution in [2.24, 2.45) is 5.10 Å². The van der Waals surface area contributed by atoms with Gasteiger partial charge in [-0.2, -0.15) is 15.0 Å². The number of rotatable bonds is 2. The Kier molecular flexibility index (Phi) is 10.8. The second kappa shape index (κ2) is 10.1. The zero-order chi connectivity index (χ0) is 13.1. The molecule has 1 rings (SSSR count). The van der Waals surface area contributed by atoms with Crippen molar-refractivity contribution >= 4 is 11.8 Å². The normalized spacial score (nSPS) is 8.94. The van der Waals surface area contributed by atoms with Crippen molar-refractivity contribution in [3.05, 3.63) is 24.0 Å². The van der Waals surface area contributed by atoms with Gasteiger partial charge in [-0.3, -0.25) is 0 Å². The molecule has 0 amide bonds. The summed E-state index contributed by atoms with van der Waals surface area (Å²) in [6.45, 7) is 17.7. The summed E-state index contributed by atoms with van der Waals surface area (Å²) >= 11 is 0. The van der Waals surface area contributed by atoms with Crippen molar-refractivity contribution in [2.75, 3.05) is 0 Å². The van der Waals surface area contributed by atoms with Crippen LogP contribution < -0.4 is 0 Å². The molecule has 0 atom stereocenters. The molecule has 0 radical (unpaired) electrons. The largest absolute Gasteiger partial charge is 0.163 e. The highest BCUT2D eigenvalue weighted by Crippen LogP contribution is 2.15. The topological polar surface area (TPSA) is 30.2 Å². The van der Waals surface area contributed by atoms with E-state index in [9.17, 15) is 0 Å². The standard InChI is InChI=1S/C9H13N3.2C2H6/c1-5-10-12-9(7(2)3)8(4)6-11-12;2*1-2/h5-6H,2H2,1,3-4H3;2*1-2H3/b10-5-;;. The van der Waals surface area contributed by atoms with Gasteiger partial charge in [-0.25, -0.2) is 0 Å². The highest BCUT2D eigenvalue weighted by molar-refractivity contribution is 5.61. The van der Waals surface area contributed by atoms with Crippen LogP contribution in [0.25, 0.3) is 5.57 Å². The van der Waals surface area contributed by atoms with Gasteiger partial charge < -0.3 is 0 Å². The summed E-state index contributed by atoms with van der Waals surface area (Å²) in [5.74, 6) is 0. The van der Waals surface area contributed by atoms with Crippen LogP contribution in [0, 0.1) is 6.92 Å². The van der Waals surface area contributed by atoms with E-state index in [1.807, 2.05) is 48.5 Å². The second-order valence-electron chi connectivity index (χ2n) is 2.72. The van der Waals surface area contributed by atoms with Crippen LogP contribution in [-0.2, 0) is 0 Å². The zero-order valence-electron chi connectivity index (χ0n) is 11.7. The van der Waals surface area contributed by atoms with E-state index in [1.165, 1.54) is 0 Å². The number of allylic oxidation sites excluding steroid dienone is 1. The summed E-state index contributed by atoms with van der Waals surface area (Å²) in [5, 5.41) is 8.15. The average Bonchev–Trinajstić information content (AvgIpc) is 2.66. The van der Waals surface area contributed by atoms with Gasteiger partial charge in [0.05, 0.1) is 11.9 Å². The van der Waals surface area contributed by atoms with Gasteiger partial charge in [0.25, 0.3) is 0 Å². The molecule has 0 spiro atoms. The van der Waals surface area contributed by atoms with Crippen LogP contribution in [-0.4, -0.2) is 16.1 Å². The summed E-state index contributed by atoms with van der Waals surface area (Å²) in [5.41, 5.74) is 3.08. The maximum atomic E-state index is 4.08. The Morgan fingerprint density at radius 2 is 1.88 bits per heavy atom. The van der Waals surface area contributed by atoms with Crippen LogP contribution in [0.2, 0.25) is 0 Å². The minimum Gasteiger partial charge on any atom is -0.163 e. The first kappa shape index (κ1) is 17.0. The SMILES string of the molecule is C=C(C)c1c(C)cnn1/N=C\C.CC.CC. The zero-order valence-corrected chi connectivity index (χ0v) is 11.7. The molecule has 0 unspecified atom stereocenters. The highest BCUT2D eigenvalue weighted by atomic mass is 15.5. The lowest BCUT2D eigenvalue weighted by molar-refractivity contribution is 0.733. The molecule has 16 heavy (non-hydrogen) atoms. The molecule has 0 saturated carbocycles. The van der Waals surface area contributed by atoms with Gasteiger partial charge in [-0.15, -0.1) is 0 Å². The molecule has 0 fully saturated rings. The summed E-state index contributed by atoms with van der Waals surface area (Å²) in [4.78, 5) is 1.59. The first-order valence-corrected chi connectivity index (χ1v) is 5.86. The molecule has 0 aliphatic rings. The summed E-state index contributed by atoms with van der Waals surface area (Å²) in [7, 11) is 0. The van der Waals surface area contributed by atoms with Gasteiger partial charge in [-0.1, -0.05) is 34.3 Å². The highest BCUT2D eigenvalue weighted by Gasteiger charge is 2.05. The minimum absolute atomic E-state index is 0.982. The fourth-order valence-electron chi connectivity index (χ4n) is 1.12. The monoisotopic (exact) mass is 223 g/mol. The average molecular weight is 223 g/mol. The molecule has 0 aliphatic carbocycles. The Labute approximate surface area is 99.9 Å². The Hall–Kier alpha value is -1.38. The van der Waals surface area contributed by atoms with E-state index in [-0.39, 0.29) is 0 Å². The van der Waals surface area contributed by atoms with E-state index < -0.39 is 0 Å². The third kappa shape index (κ3) is 4.91. The summed E-state index contributed by atoms with van der Waals surface area (Å²) in [6.07, 6.45) is 3.50. The molecular weight excluding hydrogens is 198 g/mol. The van der Waals surface area contributed by atoms with Crippen molar-refractivity contribution in [1.29, 1.82) is 0 Å². The van der Waals surface area contributed by atoms with Crippen molar-refractivity contribution in [2.45, 2.75) is 48.5 Å². The van der Waals surface area contributed by atoms with Crippen molar-refractivity contribution in [3.63, 3.8) is 0 Å². The first-order valence-electron chi connectivity index (χ1n) is 5.86. The van der Waals surface area contributed by atoms with Gasteiger partial charge >= 0.3 is 0 Å². The Bertz CT molecular complexity index is 322. The van der Waals surface area contributed by atoms with Crippen LogP contribution in [0.4, 0.5) is 0 Å². The summed E-state index contributed by atoms with van der Waals surface area (Å²) in [6, 6.07) is 0. The van der Waals surface area contributed by atoms with Gasteiger partial charge in [0, 0.05) is 6.21 Å². The number of hydrogen-bond donors (Lipinski definition) is 0. The van der Waals surface area contributed by atoms with Crippen LogP contribution in [0.5, 0.6) is 0 Å². The minimum atomic E-state index is 0.982. The maximum Gasteiger partial charge on any atom is 0.0924 e. The quantitative estimate of drug-likeness (QED) is 0.693. The van der Waals surface area contributed by atoms with E-state index in [4.69, 9.17) is 0 Å². The molecule has 3 nitrogen and oxygen atoms in total. The van der Waals surface area contributed by atoms with Crippen molar-refractivity contribution in [1.82, 2.24) is 9.89 Å². The molecule has 0 aromatic carbocycles.